The van der Waals surface area contributed by atoms with E-state index in [2.05, 4.69) is 24.0 Å². The lowest BCUT2D eigenvalue weighted by molar-refractivity contribution is -0.207. The number of amides is 1. The van der Waals surface area contributed by atoms with Crippen LogP contribution in [0.1, 0.15) is 62.1 Å². The van der Waals surface area contributed by atoms with E-state index < -0.39 is 0 Å². The molecule has 128 valence electrons. The van der Waals surface area contributed by atoms with Crippen LogP contribution in [0.15, 0.2) is 6.07 Å². The van der Waals surface area contributed by atoms with Gasteiger partial charge in [-0.15, -0.1) is 0 Å². The highest BCUT2D eigenvalue weighted by atomic mass is 16.5. The van der Waals surface area contributed by atoms with E-state index in [9.17, 15) is 9.90 Å². The van der Waals surface area contributed by atoms with Gasteiger partial charge in [0.2, 0.25) is 0 Å². The SMILES string of the molecule is CCO[C@@H]1C[C@H](O)C12CCN(C(=O)c1cc(C(C)C)[nH]n1)CC2. The molecule has 1 aliphatic heterocycles. The van der Waals surface area contributed by atoms with Crippen molar-refractivity contribution in [3.8, 4) is 0 Å². The minimum absolute atomic E-state index is 0.0234. The van der Waals surface area contributed by atoms with Crippen LogP contribution < -0.4 is 0 Å². The van der Waals surface area contributed by atoms with E-state index in [0.29, 0.717) is 31.3 Å². The van der Waals surface area contributed by atoms with Gasteiger partial charge in [-0.2, -0.15) is 5.10 Å². The van der Waals surface area contributed by atoms with Gasteiger partial charge in [-0.25, -0.2) is 0 Å². The number of rotatable bonds is 4. The molecule has 1 saturated carbocycles. The third-order valence-electron chi connectivity index (χ3n) is 5.53. The number of aliphatic hydroxyl groups is 1. The first-order valence-corrected chi connectivity index (χ1v) is 8.62. The second-order valence-corrected chi connectivity index (χ2v) is 7.08. The van der Waals surface area contributed by atoms with Crippen LogP contribution in [0.3, 0.4) is 0 Å². The molecule has 1 amide bonds. The molecule has 23 heavy (non-hydrogen) atoms. The molecule has 0 bridgehead atoms. The lowest BCUT2D eigenvalue weighted by Crippen LogP contribution is -2.62. The summed E-state index contributed by atoms with van der Waals surface area (Å²) in [6, 6.07) is 1.85. The number of carbonyl (C=O) groups is 1. The van der Waals surface area contributed by atoms with Crippen LogP contribution in [-0.4, -0.2) is 58.0 Å². The molecule has 0 aromatic carbocycles. The number of aromatic amines is 1. The summed E-state index contributed by atoms with van der Waals surface area (Å²) in [7, 11) is 0. The molecule has 1 aromatic heterocycles. The molecule has 3 rings (SSSR count). The largest absolute Gasteiger partial charge is 0.392 e. The number of H-pyrrole nitrogens is 1. The Morgan fingerprint density at radius 2 is 2.22 bits per heavy atom. The van der Waals surface area contributed by atoms with Gasteiger partial charge < -0.3 is 14.7 Å². The molecule has 2 aliphatic rings. The molecular formula is C17H27N3O3. The highest BCUT2D eigenvalue weighted by Gasteiger charge is 2.56. The maximum atomic E-state index is 12.6. The van der Waals surface area contributed by atoms with E-state index in [0.717, 1.165) is 25.0 Å². The van der Waals surface area contributed by atoms with Gasteiger partial charge in [0.25, 0.3) is 5.91 Å². The van der Waals surface area contributed by atoms with Crippen molar-refractivity contribution in [1.29, 1.82) is 0 Å². The Labute approximate surface area is 137 Å². The molecular weight excluding hydrogens is 294 g/mol. The Hall–Kier alpha value is -1.40. The van der Waals surface area contributed by atoms with Crippen LogP contribution in [0.5, 0.6) is 0 Å². The predicted molar refractivity (Wildman–Crippen MR) is 86.3 cm³/mol. The maximum absolute atomic E-state index is 12.6. The van der Waals surface area contributed by atoms with Crippen molar-refractivity contribution in [2.24, 2.45) is 5.41 Å². The Kier molecular flexibility index (Phi) is 4.47. The molecule has 6 heteroatoms. The van der Waals surface area contributed by atoms with Crippen molar-refractivity contribution in [2.45, 2.75) is 58.2 Å². The molecule has 2 fully saturated rings. The first-order valence-electron chi connectivity index (χ1n) is 8.62. The van der Waals surface area contributed by atoms with E-state index in [1.165, 1.54) is 0 Å². The summed E-state index contributed by atoms with van der Waals surface area (Å²) in [6.45, 7) is 8.11. The summed E-state index contributed by atoms with van der Waals surface area (Å²) < 4.78 is 5.77. The molecule has 1 aliphatic carbocycles. The summed E-state index contributed by atoms with van der Waals surface area (Å²) in [5.41, 5.74) is 1.31. The number of carbonyl (C=O) groups excluding carboxylic acids is 1. The van der Waals surface area contributed by atoms with Gasteiger partial charge in [0, 0.05) is 37.2 Å². The zero-order valence-corrected chi connectivity index (χ0v) is 14.2. The summed E-state index contributed by atoms with van der Waals surface area (Å²) in [6.07, 6.45) is 2.16. The van der Waals surface area contributed by atoms with Crippen LogP contribution in [0.25, 0.3) is 0 Å². The third kappa shape index (κ3) is 2.78. The van der Waals surface area contributed by atoms with Crippen molar-refractivity contribution in [3.63, 3.8) is 0 Å². The Morgan fingerprint density at radius 3 is 2.74 bits per heavy atom. The molecule has 2 atom stereocenters. The second kappa shape index (κ2) is 6.24. The monoisotopic (exact) mass is 321 g/mol. The lowest BCUT2D eigenvalue weighted by Gasteiger charge is -2.56. The number of aromatic nitrogens is 2. The molecule has 1 aromatic rings. The van der Waals surface area contributed by atoms with Crippen LogP contribution in [0, 0.1) is 5.41 Å². The van der Waals surface area contributed by atoms with Crippen molar-refractivity contribution >= 4 is 5.91 Å². The Bertz CT molecular complexity index is 559. The smallest absolute Gasteiger partial charge is 0.274 e. The maximum Gasteiger partial charge on any atom is 0.274 e. The number of hydrogen-bond donors (Lipinski definition) is 2. The summed E-state index contributed by atoms with van der Waals surface area (Å²) in [4.78, 5) is 14.4. The zero-order chi connectivity index (χ0) is 16.6. The normalized spacial score (nSPS) is 26.6. The van der Waals surface area contributed by atoms with E-state index in [-0.39, 0.29) is 23.5 Å². The second-order valence-electron chi connectivity index (χ2n) is 7.08. The summed E-state index contributed by atoms with van der Waals surface area (Å²) >= 11 is 0. The predicted octanol–water partition coefficient (Wildman–Crippen LogP) is 1.93. The first-order chi connectivity index (χ1) is 11.0. The fraction of sp³-hybridized carbons (Fsp3) is 0.765. The van der Waals surface area contributed by atoms with Gasteiger partial charge in [0.05, 0.1) is 12.2 Å². The minimum Gasteiger partial charge on any atom is -0.392 e. The first kappa shape index (κ1) is 16.5. The number of nitrogens with one attached hydrogen (secondary N) is 1. The van der Waals surface area contributed by atoms with Crippen LogP contribution >= 0.6 is 0 Å². The van der Waals surface area contributed by atoms with Crippen molar-refractivity contribution in [2.75, 3.05) is 19.7 Å². The number of nitrogens with zero attached hydrogens (tertiary/aromatic N) is 2. The third-order valence-corrected chi connectivity index (χ3v) is 5.53. The molecule has 1 saturated heterocycles. The average molecular weight is 321 g/mol. The van der Waals surface area contributed by atoms with Gasteiger partial charge in [-0.3, -0.25) is 9.89 Å². The number of likely N-dealkylation sites (tertiary alicyclic amines) is 1. The van der Waals surface area contributed by atoms with Crippen molar-refractivity contribution in [3.05, 3.63) is 17.5 Å². The topological polar surface area (TPSA) is 78.5 Å². The molecule has 1 spiro atoms. The standard InChI is InChI=1S/C17H27N3O3/c1-4-23-15-10-14(21)17(15)5-7-20(8-6-17)16(22)13-9-12(11(2)3)18-19-13/h9,11,14-15,21H,4-8,10H2,1-3H3,(H,18,19)/t14-,15+/m0/s1. The fourth-order valence-corrected chi connectivity index (χ4v) is 3.85. The van der Waals surface area contributed by atoms with E-state index in [1.54, 1.807) is 0 Å². The number of ether oxygens (including phenoxy) is 1. The van der Waals surface area contributed by atoms with Gasteiger partial charge in [-0.1, -0.05) is 13.8 Å². The van der Waals surface area contributed by atoms with Crippen molar-refractivity contribution in [1.82, 2.24) is 15.1 Å². The number of piperidine rings is 1. The molecule has 2 heterocycles. The summed E-state index contributed by atoms with van der Waals surface area (Å²) in [5, 5.41) is 17.3. The van der Waals surface area contributed by atoms with E-state index in [4.69, 9.17) is 4.74 Å². The molecule has 2 N–H and O–H groups in total. The van der Waals surface area contributed by atoms with Gasteiger partial charge in [0.1, 0.15) is 5.69 Å². The highest BCUT2D eigenvalue weighted by Crippen LogP contribution is 2.51. The Morgan fingerprint density at radius 1 is 1.52 bits per heavy atom. The zero-order valence-electron chi connectivity index (χ0n) is 14.2. The highest BCUT2D eigenvalue weighted by molar-refractivity contribution is 5.92. The fourth-order valence-electron chi connectivity index (χ4n) is 3.85. The van der Waals surface area contributed by atoms with E-state index in [1.807, 2.05) is 17.9 Å². The van der Waals surface area contributed by atoms with Gasteiger partial charge >= 0.3 is 0 Å². The minimum atomic E-state index is -0.297. The average Bonchev–Trinajstić information content (AvgIpc) is 3.04. The van der Waals surface area contributed by atoms with Crippen LogP contribution in [-0.2, 0) is 4.74 Å². The Balaban J connectivity index is 1.63. The number of hydrogen-bond acceptors (Lipinski definition) is 4. The molecule has 0 radical (unpaired) electrons. The summed E-state index contributed by atoms with van der Waals surface area (Å²) in [5.74, 6) is 0.301. The van der Waals surface area contributed by atoms with Crippen LogP contribution in [0.2, 0.25) is 0 Å². The quantitative estimate of drug-likeness (QED) is 0.888. The lowest BCUT2D eigenvalue weighted by atomic mass is 9.58. The number of aliphatic hydroxyl groups excluding tert-OH is 1. The van der Waals surface area contributed by atoms with Crippen molar-refractivity contribution < 1.29 is 14.6 Å². The van der Waals surface area contributed by atoms with E-state index >= 15 is 0 Å². The van der Waals surface area contributed by atoms with Gasteiger partial charge in [0.15, 0.2) is 0 Å². The molecule has 0 unspecified atom stereocenters. The molecule has 6 nitrogen and oxygen atoms in total. The van der Waals surface area contributed by atoms with Crippen LogP contribution in [0.4, 0.5) is 0 Å². The van der Waals surface area contributed by atoms with Gasteiger partial charge in [-0.05, 0) is 31.7 Å².